The molecule has 0 aliphatic rings. The van der Waals surface area contributed by atoms with Crippen LogP contribution in [0.25, 0.3) is 0 Å². The van der Waals surface area contributed by atoms with E-state index in [1.54, 1.807) is 48.5 Å². The number of benzene rings is 2. The Morgan fingerprint density at radius 3 is 2.11 bits per heavy atom. The molecule has 2 rings (SSSR count). The Morgan fingerprint density at radius 1 is 0.889 bits per heavy atom. The van der Waals surface area contributed by atoms with Gasteiger partial charge in [-0.1, -0.05) is 18.2 Å². The summed E-state index contributed by atoms with van der Waals surface area (Å²) in [4.78, 5) is 36.4. The van der Waals surface area contributed by atoms with Gasteiger partial charge in [0.15, 0.2) is 0 Å². The van der Waals surface area contributed by atoms with E-state index in [1.807, 2.05) is 6.07 Å². The van der Waals surface area contributed by atoms with Gasteiger partial charge in [-0.15, -0.1) is 0 Å². The molecule has 3 amide bonds. The highest BCUT2D eigenvalue weighted by Crippen LogP contribution is 2.24. The van der Waals surface area contributed by atoms with Gasteiger partial charge < -0.3 is 16.0 Å². The fourth-order valence-electron chi connectivity index (χ4n) is 2.24. The summed E-state index contributed by atoms with van der Waals surface area (Å²) in [7, 11) is 0. The fraction of sp³-hybridized carbons (Fsp3) is 0.200. The second kappa shape index (κ2) is 8.15. The van der Waals surface area contributed by atoms with Crippen molar-refractivity contribution in [2.45, 2.75) is 20.8 Å². The quantitative estimate of drug-likeness (QED) is 0.708. The molecule has 0 saturated heterocycles. The van der Waals surface area contributed by atoms with Gasteiger partial charge in [0, 0.05) is 18.3 Å². The summed E-state index contributed by atoms with van der Waals surface area (Å²) in [5, 5.41) is 17.0. The van der Waals surface area contributed by atoms with Crippen LogP contribution in [-0.4, -0.2) is 17.7 Å². The van der Waals surface area contributed by atoms with Crippen molar-refractivity contribution in [3.8, 4) is 6.07 Å². The van der Waals surface area contributed by atoms with E-state index in [0.717, 1.165) is 0 Å². The van der Waals surface area contributed by atoms with Gasteiger partial charge in [-0.2, -0.15) is 5.26 Å². The molecule has 27 heavy (non-hydrogen) atoms. The molecule has 7 nitrogen and oxygen atoms in total. The van der Waals surface area contributed by atoms with Crippen molar-refractivity contribution in [1.29, 1.82) is 5.26 Å². The second-order valence-corrected chi connectivity index (χ2v) is 6.45. The van der Waals surface area contributed by atoms with Gasteiger partial charge in [-0.25, -0.2) is 0 Å². The monoisotopic (exact) mass is 364 g/mol. The molecule has 0 radical (unpaired) electrons. The summed E-state index contributed by atoms with van der Waals surface area (Å²) in [6.45, 7) is 4.37. The van der Waals surface area contributed by atoms with Crippen molar-refractivity contribution in [1.82, 2.24) is 0 Å². The van der Waals surface area contributed by atoms with Crippen molar-refractivity contribution >= 4 is 34.8 Å². The lowest BCUT2D eigenvalue weighted by molar-refractivity contribution is -0.135. The standard InChI is InChI=1S/C20H20N4O3/c1-13(25)22-15-8-6-9-16(11-15)23-18(26)20(2,3)19(27)24-17-10-5-4-7-14(17)12-21/h4-11H,1-3H3,(H,22,25)(H,23,26)(H,24,27). The first-order valence-corrected chi connectivity index (χ1v) is 8.23. The van der Waals surface area contributed by atoms with Crippen molar-refractivity contribution < 1.29 is 14.4 Å². The SMILES string of the molecule is CC(=O)Nc1cccc(NC(=O)C(C)(C)C(=O)Nc2ccccc2C#N)c1. The number of hydrogen-bond donors (Lipinski definition) is 3. The van der Waals surface area contributed by atoms with E-state index in [9.17, 15) is 14.4 Å². The van der Waals surface area contributed by atoms with Gasteiger partial charge in [0.05, 0.1) is 11.3 Å². The predicted octanol–water partition coefficient (Wildman–Crippen LogP) is 3.12. The van der Waals surface area contributed by atoms with E-state index < -0.39 is 17.2 Å². The molecule has 0 fully saturated rings. The zero-order valence-electron chi connectivity index (χ0n) is 15.3. The molecule has 2 aromatic carbocycles. The number of amides is 3. The van der Waals surface area contributed by atoms with Gasteiger partial charge in [0.1, 0.15) is 11.5 Å². The fourth-order valence-corrected chi connectivity index (χ4v) is 2.24. The number of anilines is 3. The van der Waals surface area contributed by atoms with Crippen molar-refractivity contribution in [3.05, 3.63) is 54.1 Å². The largest absolute Gasteiger partial charge is 0.326 e. The molecule has 2 aromatic rings. The summed E-state index contributed by atoms with van der Waals surface area (Å²) >= 11 is 0. The first-order valence-electron chi connectivity index (χ1n) is 8.23. The highest BCUT2D eigenvalue weighted by Gasteiger charge is 2.36. The molecule has 0 aliphatic heterocycles. The number of nitrogens with zero attached hydrogens (tertiary/aromatic N) is 1. The highest BCUT2D eigenvalue weighted by molar-refractivity contribution is 6.14. The minimum atomic E-state index is -1.40. The number of carbonyl (C=O) groups excluding carboxylic acids is 3. The predicted molar refractivity (Wildman–Crippen MR) is 103 cm³/mol. The van der Waals surface area contributed by atoms with Gasteiger partial charge in [0.25, 0.3) is 0 Å². The van der Waals surface area contributed by atoms with Gasteiger partial charge >= 0.3 is 0 Å². The van der Waals surface area contributed by atoms with Crippen LogP contribution in [-0.2, 0) is 14.4 Å². The molecule has 0 bridgehead atoms. The summed E-state index contributed by atoms with van der Waals surface area (Å²) in [5.41, 5.74) is 0.241. The van der Waals surface area contributed by atoms with E-state index in [2.05, 4.69) is 16.0 Å². The minimum Gasteiger partial charge on any atom is -0.326 e. The van der Waals surface area contributed by atoms with Crippen LogP contribution < -0.4 is 16.0 Å². The zero-order valence-corrected chi connectivity index (χ0v) is 15.3. The third-order valence-corrected chi connectivity index (χ3v) is 3.87. The summed E-state index contributed by atoms with van der Waals surface area (Å²) in [6, 6.07) is 15.2. The van der Waals surface area contributed by atoms with Crippen LogP contribution in [0.3, 0.4) is 0 Å². The number of carbonyl (C=O) groups is 3. The lowest BCUT2D eigenvalue weighted by Crippen LogP contribution is -2.41. The maximum Gasteiger partial charge on any atom is 0.239 e. The Bertz CT molecular complexity index is 929. The number of para-hydroxylation sites is 1. The average molecular weight is 364 g/mol. The molecule has 0 saturated carbocycles. The first-order chi connectivity index (χ1) is 12.7. The molecule has 0 aromatic heterocycles. The molecular formula is C20H20N4O3. The topological polar surface area (TPSA) is 111 Å². The van der Waals surface area contributed by atoms with Crippen LogP contribution >= 0.6 is 0 Å². The number of rotatable bonds is 5. The van der Waals surface area contributed by atoms with Crippen molar-refractivity contribution in [2.24, 2.45) is 5.41 Å². The van der Waals surface area contributed by atoms with Crippen LogP contribution in [0.1, 0.15) is 26.3 Å². The lowest BCUT2D eigenvalue weighted by atomic mass is 9.90. The average Bonchev–Trinajstić information content (AvgIpc) is 2.61. The van der Waals surface area contributed by atoms with Crippen LogP contribution in [0.15, 0.2) is 48.5 Å². The maximum atomic E-state index is 12.6. The first kappa shape index (κ1) is 19.7. The molecule has 0 atom stereocenters. The molecule has 0 aliphatic carbocycles. The molecule has 0 unspecified atom stereocenters. The molecule has 0 spiro atoms. The normalized spacial score (nSPS) is 10.4. The summed E-state index contributed by atoms with van der Waals surface area (Å²) in [5.74, 6) is -1.29. The molecule has 138 valence electrons. The van der Waals surface area contributed by atoms with Crippen LogP contribution in [0.2, 0.25) is 0 Å². The number of nitriles is 1. The summed E-state index contributed by atoms with van der Waals surface area (Å²) < 4.78 is 0. The smallest absolute Gasteiger partial charge is 0.239 e. The van der Waals surface area contributed by atoms with E-state index in [4.69, 9.17) is 5.26 Å². The van der Waals surface area contributed by atoms with Crippen molar-refractivity contribution in [3.63, 3.8) is 0 Å². The molecular weight excluding hydrogens is 344 g/mol. The third kappa shape index (κ3) is 4.92. The van der Waals surface area contributed by atoms with Gasteiger partial charge in [-0.05, 0) is 44.2 Å². The van der Waals surface area contributed by atoms with E-state index in [0.29, 0.717) is 22.6 Å². The maximum absolute atomic E-state index is 12.6. The Hall–Kier alpha value is -3.66. The van der Waals surface area contributed by atoms with Crippen molar-refractivity contribution in [2.75, 3.05) is 16.0 Å². The second-order valence-electron chi connectivity index (χ2n) is 6.45. The Labute approximate surface area is 157 Å². The van der Waals surface area contributed by atoms with Gasteiger partial charge in [0.2, 0.25) is 17.7 Å². The Balaban J connectivity index is 2.13. The highest BCUT2D eigenvalue weighted by atomic mass is 16.2. The number of hydrogen-bond acceptors (Lipinski definition) is 4. The van der Waals surface area contributed by atoms with Crippen LogP contribution in [0.4, 0.5) is 17.1 Å². The Kier molecular flexibility index (Phi) is 5.93. The zero-order chi connectivity index (χ0) is 20.0. The van der Waals surface area contributed by atoms with Crippen LogP contribution in [0, 0.1) is 16.7 Å². The molecule has 3 N–H and O–H groups in total. The summed E-state index contributed by atoms with van der Waals surface area (Å²) in [6.07, 6.45) is 0. The van der Waals surface area contributed by atoms with Gasteiger partial charge in [-0.3, -0.25) is 14.4 Å². The van der Waals surface area contributed by atoms with E-state index >= 15 is 0 Å². The Morgan fingerprint density at radius 2 is 1.48 bits per heavy atom. The van der Waals surface area contributed by atoms with Crippen LogP contribution in [0.5, 0.6) is 0 Å². The lowest BCUT2D eigenvalue weighted by Gasteiger charge is -2.23. The molecule has 0 heterocycles. The minimum absolute atomic E-state index is 0.227. The third-order valence-electron chi connectivity index (χ3n) is 3.87. The molecule has 7 heteroatoms. The van der Waals surface area contributed by atoms with E-state index in [-0.39, 0.29) is 5.91 Å². The number of nitrogens with one attached hydrogen (secondary N) is 3. The van der Waals surface area contributed by atoms with E-state index in [1.165, 1.54) is 20.8 Å².